The Morgan fingerprint density at radius 1 is 1.29 bits per heavy atom. The van der Waals surface area contributed by atoms with E-state index in [9.17, 15) is 9.59 Å². The molecule has 0 radical (unpaired) electrons. The van der Waals surface area contributed by atoms with E-state index in [1.165, 1.54) is 0 Å². The molecule has 0 bridgehead atoms. The molecule has 21 heavy (non-hydrogen) atoms. The SMILES string of the molecule is Cc1ccc(-c2nnc(S[C@H](C)C(=O)NC(N)=O)o2)cc1. The lowest BCUT2D eigenvalue weighted by Crippen LogP contribution is -2.39. The van der Waals surface area contributed by atoms with E-state index in [0.717, 1.165) is 22.9 Å². The van der Waals surface area contributed by atoms with Gasteiger partial charge in [-0.05, 0) is 26.0 Å². The third-order valence-electron chi connectivity index (χ3n) is 2.60. The summed E-state index contributed by atoms with van der Waals surface area (Å²) in [4.78, 5) is 22.2. The first-order valence-corrected chi connectivity index (χ1v) is 7.01. The molecule has 7 nitrogen and oxygen atoms in total. The summed E-state index contributed by atoms with van der Waals surface area (Å²) >= 11 is 1.05. The second-order valence-corrected chi connectivity index (χ2v) is 5.64. The molecule has 3 N–H and O–H groups in total. The van der Waals surface area contributed by atoms with E-state index in [0.29, 0.717) is 5.89 Å². The highest BCUT2D eigenvalue weighted by Gasteiger charge is 2.19. The van der Waals surface area contributed by atoms with Crippen molar-refractivity contribution in [2.45, 2.75) is 24.3 Å². The van der Waals surface area contributed by atoms with E-state index in [-0.39, 0.29) is 5.22 Å². The van der Waals surface area contributed by atoms with Gasteiger partial charge in [-0.3, -0.25) is 10.1 Å². The lowest BCUT2D eigenvalue weighted by Gasteiger charge is -2.06. The molecule has 0 aliphatic carbocycles. The number of carbonyl (C=O) groups is 2. The van der Waals surface area contributed by atoms with Gasteiger partial charge in [0.05, 0.1) is 5.25 Å². The fourth-order valence-electron chi connectivity index (χ4n) is 1.50. The second-order valence-electron chi connectivity index (χ2n) is 4.35. The molecular formula is C13H14N4O3S. The normalized spacial score (nSPS) is 11.9. The van der Waals surface area contributed by atoms with Gasteiger partial charge in [-0.15, -0.1) is 10.2 Å². The van der Waals surface area contributed by atoms with Crippen LogP contribution in [0.15, 0.2) is 33.9 Å². The highest BCUT2D eigenvalue weighted by atomic mass is 32.2. The quantitative estimate of drug-likeness (QED) is 0.832. The van der Waals surface area contributed by atoms with Crippen LogP contribution in [0.1, 0.15) is 12.5 Å². The highest BCUT2D eigenvalue weighted by molar-refractivity contribution is 8.00. The largest absolute Gasteiger partial charge is 0.411 e. The third-order valence-corrected chi connectivity index (χ3v) is 3.53. The molecule has 1 aromatic heterocycles. The summed E-state index contributed by atoms with van der Waals surface area (Å²) in [6, 6.07) is 6.74. The molecule has 2 aromatic rings. The van der Waals surface area contributed by atoms with Crippen molar-refractivity contribution in [1.82, 2.24) is 15.5 Å². The molecule has 1 aromatic carbocycles. The lowest BCUT2D eigenvalue weighted by molar-refractivity contribution is -0.119. The van der Waals surface area contributed by atoms with Crippen molar-refractivity contribution in [3.05, 3.63) is 29.8 Å². The minimum Gasteiger partial charge on any atom is -0.411 e. The Bertz CT molecular complexity index is 654. The van der Waals surface area contributed by atoms with Crippen molar-refractivity contribution >= 4 is 23.7 Å². The van der Waals surface area contributed by atoms with Gasteiger partial charge >= 0.3 is 6.03 Å². The first-order valence-electron chi connectivity index (χ1n) is 6.13. The Morgan fingerprint density at radius 3 is 2.57 bits per heavy atom. The molecule has 0 saturated heterocycles. The number of urea groups is 1. The van der Waals surface area contributed by atoms with E-state index in [4.69, 9.17) is 10.2 Å². The summed E-state index contributed by atoms with van der Waals surface area (Å²) in [6.07, 6.45) is 0. The van der Waals surface area contributed by atoms with E-state index in [1.54, 1.807) is 6.92 Å². The number of benzene rings is 1. The Kier molecular flexibility index (Phi) is 4.59. The zero-order valence-corrected chi connectivity index (χ0v) is 12.3. The fourth-order valence-corrected chi connectivity index (χ4v) is 2.18. The van der Waals surface area contributed by atoms with Gasteiger partial charge in [0.25, 0.3) is 5.22 Å². The maximum Gasteiger partial charge on any atom is 0.318 e. The number of rotatable bonds is 4. The summed E-state index contributed by atoms with van der Waals surface area (Å²) in [5.41, 5.74) is 6.81. The second kappa shape index (κ2) is 6.40. The summed E-state index contributed by atoms with van der Waals surface area (Å²) in [7, 11) is 0. The molecular weight excluding hydrogens is 292 g/mol. The van der Waals surface area contributed by atoms with Crippen molar-refractivity contribution in [3.63, 3.8) is 0 Å². The van der Waals surface area contributed by atoms with Gasteiger partial charge in [0.1, 0.15) is 0 Å². The van der Waals surface area contributed by atoms with Gasteiger partial charge in [-0.2, -0.15) is 0 Å². The number of nitrogens with zero attached hydrogens (tertiary/aromatic N) is 2. The molecule has 8 heteroatoms. The minimum absolute atomic E-state index is 0.248. The van der Waals surface area contributed by atoms with Crippen molar-refractivity contribution in [3.8, 4) is 11.5 Å². The van der Waals surface area contributed by atoms with Crippen molar-refractivity contribution in [2.75, 3.05) is 0 Å². The van der Waals surface area contributed by atoms with Crippen LogP contribution in [-0.4, -0.2) is 27.4 Å². The predicted octanol–water partition coefficient (Wildman–Crippen LogP) is 1.72. The fraction of sp³-hybridized carbons (Fsp3) is 0.231. The first-order chi connectivity index (χ1) is 9.95. The number of nitrogens with two attached hydrogens (primary N) is 1. The van der Waals surface area contributed by atoms with Crippen LogP contribution in [0, 0.1) is 6.92 Å². The number of amides is 3. The van der Waals surface area contributed by atoms with E-state index < -0.39 is 17.2 Å². The zero-order valence-electron chi connectivity index (χ0n) is 11.5. The Morgan fingerprint density at radius 2 is 1.95 bits per heavy atom. The average molecular weight is 306 g/mol. The summed E-state index contributed by atoms with van der Waals surface area (Å²) in [6.45, 7) is 3.59. The number of imide groups is 1. The number of primary amides is 1. The molecule has 0 fully saturated rings. The van der Waals surface area contributed by atoms with Crippen molar-refractivity contribution in [2.24, 2.45) is 5.73 Å². The molecule has 1 atom stereocenters. The molecule has 3 amide bonds. The van der Waals surface area contributed by atoms with Crippen LogP contribution in [0.25, 0.3) is 11.5 Å². The standard InChI is InChI=1S/C13H14N4O3S/c1-7-3-5-9(6-4-7)11-16-17-13(20-11)21-8(2)10(18)15-12(14)19/h3-6,8H,1-2H3,(H3,14,15,18,19)/t8-/m1/s1. The van der Waals surface area contributed by atoms with Gasteiger partial charge in [0.2, 0.25) is 11.8 Å². The van der Waals surface area contributed by atoms with Crippen molar-refractivity contribution < 1.29 is 14.0 Å². The van der Waals surface area contributed by atoms with E-state index in [2.05, 4.69) is 10.2 Å². The summed E-state index contributed by atoms with van der Waals surface area (Å²) in [5, 5.41) is 9.46. The number of hydrogen-bond acceptors (Lipinski definition) is 6. The van der Waals surface area contributed by atoms with Crippen LogP contribution in [0.5, 0.6) is 0 Å². The van der Waals surface area contributed by atoms with E-state index >= 15 is 0 Å². The topological polar surface area (TPSA) is 111 Å². The molecule has 0 spiro atoms. The molecule has 0 unspecified atom stereocenters. The number of aryl methyl sites for hydroxylation is 1. The van der Waals surface area contributed by atoms with Gasteiger partial charge in [0, 0.05) is 5.56 Å². The van der Waals surface area contributed by atoms with E-state index in [1.807, 2.05) is 36.5 Å². The van der Waals surface area contributed by atoms with Crippen LogP contribution in [0.4, 0.5) is 4.79 Å². The maximum atomic E-state index is 11.5. The van der Waals surface area contributed by atoms with Crippen LogP contribution < -0.4 is 11.1 Å². The molecule has 110 valence electrons. The predicted molar refractivity (Wildman–Crippen MR) is 77.5 cm³/mol. The summed E-state index contributed by atoms with van der Waals surface area (Å²) in [5.74, 6) is -0.136. The van der Waals surface area contributed by atoms with Crippen LogP contribution in [-0.2, 0) is 4.79 Å². The minimum atomic E-state index is -0.890. The van der Waals surface area contributed by atoms with Gasteiger partial charge in [-0.25, -0.2) is 4.79 Å². The summed E-state index contributed by atoms with van der Waals surface area (Å²) < 4.78 is 5.48. The number of carbonyl (C=O) groups excluding carboxylic acids is 2. The number of nitrogens with one attached hydrogen (secondary N) is 1. The highest BCUT2D eigenvalue weighted by Crippen LogP contribution is 2.26. The number of aromatic nitrogens is 2. The third kappa shape index (κ3) is 4.06. The molecule has 0 saturated carbocycles. The van der Waals surface area contributed by atoms with Crippen LogP contribution in [0.2, 0.25) is 0 Å². The smallest absolute Gasteiger partial charge is 0.318 e. The monoisotopic (exact) mass is 306 g/mol. The first kappa shape index (κ1) is 15.0. The molecule has 2 rings (SSSR count). The molecule has 0 aliphatic rings. The maximum absolute atomic E-state index is 11.5. The number of thioether (sulfide) groups is 1. The Balaban J connectivity index is 2.04. The van der Waals surface area contributed by atoms with Gasteiger partial charge in [0.15, 0.2) is 0 Å². The zero-order chi connectivity index (χ0) is 15.4. The van der Waals surface area contributed by atoms with Crippen LogP contribution >= 0.6 is 11.8 Å². The molecule has 1 heterocycles. The number of hydrogen-bond donors (Lipinski definition) is 2. The van der Waals surface area contributed by atoms with Crippen molar-refractivity contribution in [1.29, 1.82) is 0 Å². The van der Waals surface area contributed by atoms with Gasteiger partial charge in [-0.1, -0.05) is 29.5 Å². The molecule has 0 aliphatic heterocycles. The van der Waals surface area contributed by atoms with Gasteiger partial charge < -0.3 is 10.2 Å². The van der Waals surface area contributed by atoms with Crippen LogP contribution in [0.3, 0.4) is 0 Å². The average Bonchev–Trinajstić information content (AvgIpc) is 2.87. The Labute approximate surface area is 125 Å². The lowest BCUT2D eigenvalue weighted by atomic mass is 10.1. The Hall–Kier alpha value is -2.35.